The van der Waals surface area contributed by atoms with Crippen molar-refractivity contribution in [2.45, 2.75) is 5.03 Å². The minimum absolute atomic E-state index is 0.0478. The van der Waals surface area contributed by atoms with E-state index in [9.17, 15) is 9.90 Å². The minimum atomic E-state index is -1.02. The average molecular weight is 316 g/mol. The molecule has 2 N–H and O–H groups in total. The highest BCUT2D eigenvalue weighted by atomic mass is 32.2. The molecule has 22 heavy (non-hydrogen) atoms. The Morgan fingerprint density at radius 3 is 2.86 bits per heavy atom. The topological polar surface area (TPSA) is 101 Å². The first kappa shape index (κ1) is 14.5. The van der Waals surface area contributed by atoms with Crippen LogP contribution in [0.2, 0.25) is 0 Å². The Hall–Kier alpha value is -2.45. The van der Waals surface area contributed by atoms with Gasteiger partial charge in [0.05, 0.1) is 29.4 Å². The number of hydrogen-bond donors (Lipinski definition) is 2. The van der Waals surface area contributed by atoms with Gasteiger partial charge >= 0.3 is 5.97 Å². The number of aliphatic hydroxyl groups is 1. The number of carboxylic acids is 1. The van der Waals surface area contributed by atoms with Crippen molar-refractivity contribution in [3.8, 4) is 5.69 Å². The molecule has 3 aromatic rings. The van der Waals surface area contributed by atoms with E-state index in [2.05, 4.69) is 15.1 Å². The van der Waals surface area contributed by atoms with Crippen molar-refractivity contribution in [2.75, 3.05) is 12.4 Å². The van der Waals surface area contributed by atoms with Gasteiger partial charge in [-0.1, -0.05) is 12.1 Å². The first-order chi connectivity index (χ1) is 10.7. The summed E-state index contributed by atoms with van der Waals surface area (Å²) in [6.07, 6.45) is 3.01. The lowest BCUT2D eigenvalue weighted by Gasteiger charge is -2.07. The number of nitrogens with zero attached hydrogens (tertiary/aromatic N) is 4. The summed E-state index contributed by atoms with van der Waals surface area (Å²) in [6.45, 7) is 0.0478. The van der Waals surface area contributed by atoms with Gasteiger partial charge < -0.3 is 10.2 Å². The van der Waals surface area contributed by atoms with E-state index in [0.29, 0.717) is 22.1 Å². The number of rotatable bonds is 5. The largest absolute Gasteiger partial charge is 0.478 e. The second-order valence-electron chi connectivity index (χ2n) is 4.37. The van der Waals surface area contributed by atoms with Crippen molar-refractivity contribution in [1.82, 2.24) is 19.7 Å². The van der Waals surface area contributed by atoms with Gasteiger partial charge in [0.25, 0.3) is 0 Å². The molecule has 0 saturated heterocycles. The first-order valence-corrected chi connectivity index (χ1v) is 7.46. The summed E-state index contributed by atoms with van der Waals surface area (Å²) in [5, 5.41) is 23.9. The van der Waals surface area contributed by atoms with Gasteiger partial charge in [-0.3, -0.25) is 0 Å². The van der Waals surface area contributed by atoms with Gasteiger partial charge in [0, 0.05) is 5.75 Å². The van der Waals surface area contributed by atoms with Gasteiger partial charge in [-0.15, -0.1) is 11.8 Å². The third kappa shape index (κ3) is 2.53. The molecule has 0 spiro atoms. The standard InChI is InChI=1S/C14H12N4O3S/c19-5-6-22-13-10-7-17-18(12(10)15-8-16-13)11-4-2-1-3-9(11)14(20)21/h1-4,7-8,19H,5-6H2,(H,20,21). The zero-order valence-electron chi connectivity index (χ0n) is 11.4. The maximum Gasteiger partial charge on any atom is 0.337 e. The number of thioether (sulfide) groups is 1. The van der Waals surface area contributed by atoms with Crippen LogP contribution in [-0.4, -0.2) is 48.3 Å². The van der Waals surface area contributed by atoms with Crippen LogP contribution in [0.3, 0.4) is 0 Å². The lowest BCUT2D eigenvalue weighted by molar-refractivity contribution is 0.0697. The Balaban J connectivity index is 2.15. The summed E-state index contributed by atoms with van der Waals surface area (Å²) < 4.78 is 1.49. The molecule has 3 rings (SSSR count). The summed E-state index contributed by atoms with van der Waals surface area (Å²) in [7, 11) is 0. The summed E-state index contributed by atoms with van der Waals surface area (Å²) in [6, 6.07) is 6.61. The molecule has 0 atom stereocenters. The fourth-order valence-corrected chi connectivity index (χ4v) is 2.80. The number of fused-ring (bicyclic) bond motifs is 1. The van der Waals surface area contributed by atoms with E-state index in [-0.39, 0.29) is 12.2 Å². The average Bonchev–Trinajstić information content (AvgIpc) is 2.97. The molecule has 1 aromatic carbocycles. The second kappa shape index (κ2) is 6.12. The molecule has 0 aliphatic heterocycles. The molecule has 0 radical (unpaired) electrons. The Bertz CT molecular complexity index is 834. The molecule has 0 aliphatic rings. The number of aromatic nitrogens is 4. The lowest BCUT2D eigenvalue weighted by Crippen LogP contribution is -2.06. The molecular formula is C14H12N4O3S. The van der Waals surface area contributed by atoms with Gasteiger partial charge in [0.15, 0.2) is 5.65 Å². The Kier molecular flexibility index (Phi) is 4.03. The lowest BCUT2D eigenvalue weighted by atomic mass is 10.2. The summed E-state index contributed by atoms with van der Waals surface area (Å²) >= 11 is 1.40. The van der Waals surface area contributed by atoms with E-state index in [1.54, 1.807) is 24.4 Å². The van der Waals surface area contributed by atoms with Crippen LogP contribution in [0.5, 0.6) is 0 Å². The Morgan fingerprint density at radius 1 is 1.27 bits per heavy atom. The predicted molar refractivity (Wildman–Crippen MR) is 81.4 cm³/mol. The van der Waals surface area contributed by atoms with E-state index >= 15 is 0 Å². The monoisotopic (exact) mass is 316 g/mol. The van der Waals surface area contributed by atoms with E-state index in [4.69, 9.17) is 5.11 Å². The van der Waals surface area contributed by atoms with Crippen LogP contribution in [-0.2, 0) is 0 Å². The number of carboxylic acid groups (broad SMARTS) is 1. The summed E-state index contributed by atoms with van der Waals surface area (Å²) in [5.41, 5.74) is 1.13. The molecule has 2 heterocycles. The fraction of sp³-hybridized carbons (Fsp3) is 0.143. The van der Waals surface area contributed by atoms with E-state index in [0.717, 1.165) is 5.39 Å². The van der Waals surface area contributed by atoms with Gasteiger partial charge in [-0.05, 0) is 12.1 Å². The number of aliphatic hydroxyl groups excluding tert-OH is 1. The molecule has 0 fully saturated rings. The SMILES string of the molecule is O=C(O)c1ccccc1-n1ncc2c(SCCO)ncnc21. The third-order valence-electron chi connectivity index (χ3n) is 3.02. The van der Waals surface area contributed by atoms with Crippen molar-refractivity contribution < 1.29 is 15.0 Å². The summed E-state index contributed by atoms with van der Waals surface area (Å²) in [4.78, 5) is 19.7. The smallest absolute Gasteiger partial charge is 0.337 e. The van der Waals surface area contributed by atoms with Crippen molar-refractivity contribution >= 4 is 28.8 Å². The normalized spacial score (nSPS) is 11.0. The van der Waals surface area contributed by atoms with Crippen LogP contribution < -0.4 is 0 Å². The number of para-hydroxylation sites is 1. The molecule has 112 valence electrons. The van der Waals surface area contributed by atoms with Crippen molar-refractivity contribution in [2.24, 2.45) is 0 Å². The summed E-state index contributed by atoms with van der Waals surface area (Å²) in [5.74, 6) is -0.508. The molecule has 0 aliphatic carbocycles. The van der Waals surface area contributed by atoms with Crippen LogP contribution >= 0.6 is 11.8 Å². The van der Waals surface area contributed by atoms with E-state index < -0.39 is 5.97 Å². The third-order valence-corrected chi connectivity index (χ3v) is 4.01. The molecule has 0 unspecified atom stereocenters. The molecule has 8 heteroatoms. The van der Waals surface area contributed by atoms with Crippen LogP contribution in [0, 0.1) is 0 Å². The molecule has 2 aromatic heterocycles. The van der Waals surface area contributed by atoms with E-state index in [1.165, 1.54) is 28.8 Å². The molecule has 7 nitrogen and oxygen atoms in total. The van der Waals surface area contributed by atoms with Crippen LogP contribution in [0.15, 0.2) is 41.8 Å². The minimum Gasteiger partial charge on any atom is -0.478 e. The van der Waals surface area contributed by atoms with Gasteiger partial charge in [-0.2, -0.15) is 5.10 Å². The van der Waals surface area contributed by atoms with Crippen molar-refractivity contribution in [1.29, 1.82) is 0 Å². The van der Waals surface area contributed by atoms with Gasteiger partial charge in [0.2, 0.25) is 0 Å². The van der Waals surface area contributed by atoms with Crippen molar-refractivity contribution in [3.05, 3.63) is 42.4 Å². The molecule has 0 saturated carbocycles. The first-order valence-electron chi connectivity index (χ1n) is 6.47. The Morgan fingerprint density at radius 2 is 2.09 bits per heavy atom. The molecule has 0 amide bonds. The molecule has 0 bridgehead atoms. The van der Waals surface area contributed by atoms with Crippen LogP contribution in [0.1, 0.15) is 10.4 Å². The van der Waals surface area contributed by atoms with E-state index in [1.807, 2.05) is 0 Å². The van der Waals surface area contributed by atoms with Crippen molar-refractivity contribution in [3.63, 3.8) is 0 Å². The van der Waals surface area contributed by atoms with Gasteiger partial charge in [0.1, 0.15) is 11.4 Å². The zero-order chi connectivity index (χ0) is 15.5. The fourth-order valence-electron chi connectivity index (χ4n) is 2.10. The highest BCUT2D eigenvalue weighted by Crippen LogP contribution is 2.26. The van der Waals surface area contributed by atoms with Crippen LogP contribution in [0.4, 0.5) is 0 Å². The number of hydrogen-bond acceptors (Lipinski definition) is 6. The Labute approximate surface area is 129 Å². The van der Waals surface area contributed by atoms with Gasteiger partial charge in [-0.25, -0.2) is 19.4 Å². The zero-order valence-corrected chi connectivity index (χ0v) is 12.2. The number of benzene rings is 1. The quantitative estimate of drug-likeness (QED) is 0.544. The maximum absolute atomic E-state index is 11.4. The highest BCUT2D eigenvalue weighted by molar-refractivity contribution is 7.99. The number of aromatic carboxylic acids is 1. The number of carbonyl (C=O) groups is 1. The molecular weight excluding hydrogens is 304 g/mol. The second-order valence-corrected chi connectivity index (χ2v) is 5.45. The maximum atomic E-state index is 11.4. The predicted octanol–water partition coefficient (Wildman–Crippen LogP) is 1.60. The highest BCUT2D eigenvalue weighted by Gasteiger charge is 2.16. The van der Waals surface area contributed by atoms with Crippen LogP contribution in [0.25, 0.3) is 16.7 Å².